The maximum absolute atomic E-state index is 11.9. The van der Waals surface area contributed by atoms with E-state index in [4.69, 9.17) is 0 Å². The van der Waals surface area contributed by atoms with E-state index in [9.17, 15) is 4.79 Å². The van der Waals surface area contributed by atoms with Gasteiger partial charge >= 0.3 is 0 Å². The lowest BCUT2D eigenvalue weighted by Crippen LogP contribution is -2.35. The third-order valence-electron chi connectivity index (χ3n) is 3.47. The molecule has 0 aliphatic carbocycles. The molecule has 5 heteroatoms. The number of nitrogens with zero attached hydrogens (tertiary/aromatic N) is 3. The Balaban J connectivity index is 1.89. The second-order valence-electron chi connectivity index (χ2n) is 5.02. The minimum atomic E-state index is -0.0797. The molecule has 0 aliphatic heterocycles. The molecule has 5 nitrogen and oxygen atoms in total. The summed E-state index contributed by atoms with van der Waals surface area (Å²) in [7, 11) is 1.80. The predicted molar refractivity (Wildman–Crippen MR) is 84.6 cm³/mol. The van der Waals surface area contributed by atoms with Gasteiger partial charge in [0, 0.05) is 38.6 Å². The highest BCUT2D eigenvalue weighted by atomic mass is 16.1. The van der Waals surface area contributed by atoms with Gasteiger partial charge in [0.2, 0.25) is 0 Å². The molecule has 1 amide bonds. The van der Waals surface area contributed by atoms with E-state index in [1.807, 2.05) is 12.1 Å². The van der Waals surface area contributed by atoms with Crippen molar-refractivity contribution in [1.29, 1.82) is 0 Å². The highest BCUT2D eigenvalue weighted by Gasteiger charge is 2.09. The van der Waals surface area contributed by atoms with E-state index in [-0.39, 0.29) is 5.91 Å². The van der Waals surface area contributed by atoms with Crippen molar-refractivity contribution in [2.75, 3.05) is 24.5 Å². The molecule has 0 unspecified atom stereocenters. The number of para-hydroxylation sites is 1. The fourth-order valence-electron chi connectivity index (χ4n) is 2.31. The smallest absolute Gasteiger partial charge is 0.254 e. The minimum Gasteiger partial charge on any atom is -0.370 e. The number of nitrogens with one attached hydrogen (secondary N) is 1. The van der Waals surface area contributed by atoms with Crippen LogP contribution in [0.15, 0.2) is 36.7 Å². The molecule has 112 valence electrons. The molecule has 0 saturated heterocycles. The Morgan fingerprint density at radius 3 is 2.76 bits per heavy atom. The van der Waals surface area contributed by atoms with Crippen LogP contribution in [0.4, 0.5) is 5.69 Å². The molecule has 0 saturated carbocycles. The van der Waals surface area contributed by atoms with Crippen LogP contribution in [0.1, 0.15) is 22.8 Å². The molecule has 1 aromatic heterocycles. The summed E-state index contributed by atoms with van der Waals surface area (Å²) in [6.07, 6.45) is 3.29. The SMILES string of the molecule is CCN(CCNC(=O)c1cnn(C)c1)c1ccccc1C. The molecule has 0 bridgehead atoms. The van der Waals surface area contributed by atoms with Crippen molar-refractivity contribution in [3.05, 3.63) is 47.8 Å². The van der Waals surface area contributed by atoms with E-state index in [1.165, 1.54) is 11.3 Å². The molecule has 0 fully saturated rings. The molecule has 0 atom stereocenters. The van der Waals surface area contributed by atoms with Crippen LogP contribution in [0.2, 0.25) is 0 Å². The Kier molecular flexibility index (Phi) is 4.98. The monoisotopic (exact) mass is 286 g/mol. The number of hydrogen-bond donors (Lipinski definition) is 1. The van der Waals surface area contributed by atoms with Gasteiger partial charge in [-0.05, 0) is 25.5 Å². The van der Waals surface area contributed by atoms with E-state index < -0.39 is 0 Å². The first-order chi connectivity index (χ1) is 10.1. The molecule has 0 radical (unpaired) electrons. The summed E-state index contributed by atoms with van der Waals surface area (Å²) in [5, 5.41) is 6.93. The summed E-state index contributed by atoms with van der Waals surface area (Å²) in [6.45, 7) is 6.53. The molecular formula is C16H22N4O. The molecule has 0 spiro atoms. The van der Waals surface area contributed by atoms with Crippen molar-refractivity contribution in [1.82, 2.24) is 15.1 Å². The maximum Gasteiger partial charge on any atom is 0.254 e. The lowest BCUT2D eigenvalue weighted by Gasteiger charge is -2.25. The Morgan fingerprint density at radius 2 is 2.14 bits per heavy atom. The number of anilines is 1. The van der Waals surface area contributed by atoms with Gasteiger partial charge in [0.1, 0.15) is 0 Å². The second kappa shape index (κ2) is 6.92. The van der Waals surface area contributed by atoms with Crippen LogP contribution in [0.3, 0.4) is 0 Å². The Hall–Kier alpha value is -2.30. The van der Waals surface area contributed by atoms with Crippen molar-refractivity contribution >= 4 is 11.6 Å². The number of hydrogen-bond acceptors (Lipinski definition) is 3. The van der Waals surface area contributed by atoms with Gasteiger partial charge in [0.15, 0.2) is 0 Å². The first kappa shape index (κ1) is 15.1. The quantitative estimate of drug-likeness (QED) is 0.883. The van der Waals surface area contributed by atoms with Crippen molar-refractivity contribution < 1.29 is 4.79 Å². The average molecular weight is 286 g/mol. The zero-order valence-corrected chi connectivity index (χ0v) is 12.8. The van der Waals surface area contributed by atoms with E-state index >= 15 is 0 Å². The van der Waals surface area contributed by atoms with Crippen LogP contribution in [0.25, 0.3) is 0 Å². The molecule has 21 heavy (non-hydrogen) atoms. The number of likely N-dealkylation sites (N-methyl/N-ethyl adjacent to an activating group) is 1. The number of benzene rings is 1. The van der Waals surface area contributed by atoms with Gasteiger partial charge in [-0.25, -0.2) is 0 Å². The summed E-state index contributed by atoms with van der Waals surface area (Å²) in [6, 6.07) is 8.30. The molecule has 0 aliphatic rings. The van der Waals surface area contributed by atoms with Gasteiger partial charge in [0.25, 0.3) is 5.91 Å². The van der Waals surface area contributed by atoms with Crippen molar-refractivity contribution in [3.8, 4) is 0 Å². The number of rotatable bonds is 6. The van der Waals surface area contributed by atoms with Crippen LogP contribution in [0.5, 0.6) is 0 Å². The van der Waals surface area contributed by atoms with Gasteiger partial charge in [-0.3, -0.25) is 9.48 Å². The lowest BCUT2D eigenvalue weighted by atomic mass is 10.2. The standard InChI is InChI=1S/C16H22N4O/c1-4-20(15-8-6-5-7-13(15)2)10-9-17-16(21)14-11-18-19(3)12-14/h5-8,11-12H,4,9-10H2,1-3H3,(H,17,21). The van der Waals surface area contributed by atoms with Crippen LogP contribution in [-0.4, -0.2) is 35.3 Å². The van der Waals surface area contributed by atoms with Crippen LogP contribution in [0, 0.1) is 6.92 Å². The van der Waals surface area contributed by atoms with Gasteiger partial charge in [0.05, 0.1) is 11.8 Å². The van der Waals surface area contributed by atoms with Crippen molar-refractivity contribution in [3.63, 3.8) is 0 Å². The Bertz CT molecular complexity index is 606. The number of carbonyl (C=O) groups excluding carboxylic acids is 1. The molecule has 1 N–H and O–H groups in total. The van der Waals surface area contributed by atoms with Gasteiger partial charge in [-0.1, -0.05) is 18.2 Å². The number of aromatic nitrogens is 2. The Morgan fingerprint density at radius 1 is 1.38 bits per heavy atom. The van der Waals surface area contributed by atoms with E-state index in [0.29, 0.717) is 12.1 Å². The summed E-state index contributed by atoms with van der Waals surface area (Å²) in [4.78, 5) is 14.2. The maximum atomic E-state index is 11.9. The highest BCUT2D eigenvalue weighted by molar-refractivity contribution is 5.93. The van der Waals surface area contributed by atoms with Crippen molar-refractivity contribution in [2.45, 2.75) is 13.8 Å². The van der Waals surface area contributed by atoms with Crippen LogP contribution >= 0.6 is 0 Å². The Labute approximate surface area is 125 Å². The number of aryl methyl sites for hydroxylation is 2. The van der Waals surface area contributed by atoms with Gasteiger partial charge in [-0.2, -0.15) is 5.10 Å². The summed E-state index contributed by atoms with van der Waals surface area (Å²) >= 11 is 0. The topological polar surface area (TPSA) is 50.2 Å². The average Bonchev–Trinajstić information content (AvgIpc) is 2.91. The zero-order valence-electron chi connectivity index (χ0n) is 12.8. The first-order valence-electron chi connectivity index (χ1n) is 7.19. The summed E-state index contributed by atoms with van der Waals surface area (Å²) < 4.78 is 1.63. The lowest BCUT2D eigenvalue weighted by molar-refractivity contribution is 0.0954. The first-order valence-corrected chi connectivity index (χ1v) is 7.19. The molecular weight excluding hydrogens is 264 g/mol. The van der Waals surface area contributed by atoms with E-state index in [1.54, 1.807) is 24.1 Å². The highest BCUT2D eigenvalue weighted by Crippen LogP contribution is 2.18. The van der Waals surface area contributed by atoms with E-state index in [2.05, 4.69) is 41.3 Å². The van der Waals surface area contributed by atoms with E-state index in [0.717, 1.165) is 13.1 Å². The van der Waals surface area contributed by atoms with Crippen LogP contribution < -0.4 is 10.2 Å². The summed E-state index contributed by atoms with van der Waals surface area (Å²) in [5.74, 6) is -0.0797. The predicted octanol–water partition coefficient (Wildman–Crippen LogP) is 1.98. The molecule has 1 heterocycles. The van der Waals surface area contributed by atoms with Gasteiger partial charge in [-0.15, -0.1) is 0 Å². The third-order valence-corrected chi connectivity index (χ3v) is 3.47. The second-order valence-corrected chi connectivity index (χ2v) is 5.02. The van der Waals surface area contributed by atoms with Crippen LogP contribution in [-0.2, 0) is 7.05 Å². The normalized spacial score (nSPS) is 10.4. The number of carbonyl (C=O) groups is 1. The fraction of sp³-hybridized carbons (Fsp3) is 0.375. The molecule has 2 aromatic rings. The fourth-order valence-corrected chi connectivity index (χ4v) is 2.31. The minimum absolute atomic E-state index is 0.0797. The molecule has 2 rings (SSSR count). The summed E-state index contributed by atoms with van der Waals surface area (Å²) in [5.41, 5.74) is 3.06. The molecule has 1 aromatic carbocycles. The van der Waals surface area contributed by atoms with Gasteiger partial charge < -0.3 is 10.2 Å². The number of amides is 1. The largest absolute Gasteiger partial charge is 0.370 e. The third kappa shape index (κ3) is 3.84. The zero-order chi connectivity index (χ0) is 15.2. The van der Waals surface area contributed by atoms with Crippen molar-refractivity contribution in [2.24, 2.45) is 7.05 Å².